The van der Waals surface area contributed by atoms with Crippen LogP contribution in [0.3, 0.4) is 0 Å². The quantitative estimate of drug-likeness (QED) is 0.123. The second kappa shape index (κ2) is 19.5. The first kappa shape index (κ1) is 33.6. The zero-order valence-electron chi connectivity index (χ0n) is 24.3. The van der Waals surface area contributed by atoms with Crippen molar-refractivity contribution in [1.82, 2.24) is 0 Å². The highest BCUT2D eigenvalue weighted by Crippen LogP contribution is 2.27. The molecule has 9 nitrogen and oxygen atoms in total. The summed E-state index contributed by atoms with van der Waals surface area (Å²) in [5, 5.41) is 17.9. The second-order valence-corrected chi connectivity index (χ2v) is 9.71. The molecule has 0 aliphatic carbocycles. The van der Waals surface area contributed by atoms with Crippen molar-refractivity contribution in [2.45, 2.75) is 59.0 Å². The minimum absolute atomic E-state index is 0.00320. The molecule has 1 unspecified atom stereocenters. The van der Waals surface area contributed by atoms with Gasteiger partial charge in [-0.3, -0.25) is 4.79 Å². The average molecular weight is 573 g/mol. The van der Waals surface area contributed by atoms with Crippen molar-refractivity contribution in [3.05, 3.63) is 65.7 Å². The van der Waals surface area contributed by atoms with E-state index in [1.54, 1.807) is 6.92 Å². The Morgan fingerprint density at radius 2 is 1.49 bits per heavy atom. The first-order valence-corrected chi connectivity index (χ1v) is 14.2. The van der Waals surface area contributed by atoms with Gasteiger partial charge in [0.1, 0.15) is 50.3 Å². The van der Waals surface area contributed by atoms with Crippen molar-refractivity contribution in [3.8, 4) is 17.2 Å². The molecule has 0 spiro atoms. The smallest absolute Gasteiger partial charge is 0.335 e. The lowest BCUT2D eigenvalue weighted by molar-refractivity contribution is -0.150. The van der Waals surface area contributed by atoms with Crippen LogP contribution in [-0.2, 0) is 32.1 Å². The molecule has 0 saturated heterocycles. The van der Waals surface area contributed by atoms with E-state index in [9.17, 15) is 9.59 Å². The van der Waals surface area contributed by atoms with Crippen LogP contribution in [0.15, 0.2) is 54.6 Å². The molecule has 0 heterocycles. The molecule has 0 fully saturated rings. The number of hydrogen-bond donors (Lipinski definition) is 2. The number of carbonyl (C=O) groups excluding carboxylic acids is 2. The summed E-state index contributed by atoms with van der Waals surface area (Å²) in [6.45, 7) is 7.48. The molecular weight excluding hydrogens is 528 g/mol. The Kier molecular flexibility index (Phi) is 16.0. The maximum Gasteiger partial charge on any atom is 0.335 e. The summed E-state index contributed by atoms with van der Waals surface area (Å²) in [6.07, 6.45) is 6.68. The molecule has 9 heteroatoms. The number of aliphatic hydroxyl groups is 2. The van der Waals surface area contributed by atoms with Gasteiger partial charge in [0.2, 0.25) is 0 Å². The molecule has 2 aromatic rings. The average Bonchev–Trinajstić information content (AvgIpc) is 3.00. The van der Waals surface area contributed by atoms with Crippen LogP contribution in [0.2, 0.25) is 0 Å². The zero-order valence-corrected chi connectivity index (χ0v) is 24.3. The minimum atomic E-state index is -0.641. The summed E-state index contributed by atoms with van der Waals surface area (Å²) in [5.74, 6) is 0.473. The number of benzene rings is 2. The largest absolute Gasteiger partial charge is 0.490 e. The molecule has 41 heavy (non-hydrogen) atoms. The second-order valence-electron chi connectivity index (χ2n) is 9.71. The van der Waals surface area contributed by atoms with Gasteiger partial charge >= 0.3 is 11.9 Å². The van der Waals surface area contributed by atoms with Crippen LogP contribution < -0.4 is 14.2 Å². The Morgan fingerprint density at radius 1 is 0.829 bits per heavy atom. The molecule has 2 N–H and O–H groups in total. The van der Waals surface area contributed by atoms with Crippen molar-refractivity contribution in [1.29, 1.82) is 0 Å². The Labute approximate surface area is 243 Å². The molecule has 0 amide bonds. The molecule has 0 aliphatic rings. The van der Waals surface area contributed by atoms with E-state index in [2.05, 4.69) is 13.5 Å². The van der Waals surface area contributed by atoms with Crippen LogP contribution in [0.5, 0.6) is 17.2 Å². The van der Waals surface area contributed by atoms with Crippen molar-refractivity contribution < 1.29 is 43.5 Å². The standard InChI is InChI=1S/C32H44O9/c1-4-5-6-7-8-9-27-20-29(38-17-19-40-32(36)25(3)22-34)14-15-30(27)41-23-26-10-12-28(13-11-26)37-16-18-39-31(35)24(2)21-33/h10-15,20,25,33-34H,2,4-9,16-19,21-23H2,1,3H3. The van der Waals surface area contributed by atoms with E-state index < -0.39 is 24.5 Å². The predicted molar refractivity (Wildman–Crippen MR) is 155 cm³/mol. The molecule has 226 valence electrons. The SMILES string of the molecule is C=C(CO)C(=O)OCCOc1ccc(COc2ccc(OCCOC(=O)C(C)CO)cc2CCCCCCC)cc1. The lowest BCUT2D eigenvalue weighted by atomic mass is 10.0. The summed E-state index contributed by atoms with van der Waals surface area (Å²) in [7, 11) is 0. The van der Waals surface area contributed by atoms with Crippen LogP contribution >= 0.6 is 0 Å². The van der Waals surface area contributed by atoms with E-state index in [0.29, 0.717) is 18.1 Å². The van der Waals surface area contributed by atoms with E-state index >= 15 is 0 Å². The van der Waals surface area contributed by atoms with Gasteiger partial charge in [0.15, 0.2) is 0 Å². The highest BCUT2D eigenvalue weighted by Gasteiger charge is 2.13. The van der Waals surface area contributed by atoms with Crippen LogP contribution in [0.1, 0.15) is 57.1 Å². The number of esters is 2. The summed E-state index contributed by atoms with van der Waals surface area (Å²) in [6, 6.07) is 13.2. The molecule has 2 aromatic carbocycles. The monoisotopic (exact) mass is 572 g/mol. The Balaban J connectivity index is 1.89. The van der Waals surface area contributed by atoms with Crippen LogP contribution in [-0.4, -0.2) is 61.8 Å². The molecule has 0 saturated carbocycles. The predicted octanol–water partition coefficient (Wildman–Crippen LogP) is 4.80. The van der Waals surface area contributed by atoms with Gasteiger partial charge in [-0.25, -0.2) is 4.79 Å². The fourth-order valence-corrected chi connectivity index (χ4v) is 3.72. The highest BCUT2D eigenvalue weighted by atomic mass is 16.6. The maximum atomic E-state index is 11.7. The number of rotatable bonds is 21. The van der Waals surface area contributed by atoms with Crippen molar-refractivity contribution in [2.24, 2.45) is 5.92 Å². The number of carbonyl (C=O) groups is 2. The lowest BCUT2D eigenvalue weighted by Crippen LogP contribution is -2.20. The van der Waals surface area contributed by atoms with E-state index in [4.69, 9.17) is 33.9 Å². The Morgan fingerprint density at radius 3 is 2.17 bits per heavy atom. The fraction of sp³-hybridized carbons (Fsp3) is 0.500. The molecule has 0 radical (unpaired) electrons. The van der Waals surface area contributed by atoms with Crippen molar-refractivity contribution in [3.63, 3.8) is 0 Å². The molecule has 0 aliphatic heterocycles. The maximum absolute atomic E-state index is 11.7. The summed E-state index contributed by atoms with van der Waals surface area (Å²) >= 11 is 0. The van der Waals surface area contributed by atoms with Crippen LogP contribution in [0.4, 0.5) is 0 Å². The third-order valence-corrected chi connectivity index (χ3v) is 6.24. The molecular formula is C32H44O9. The van der Waals surface area contributed by atoms with Crippen molar-refractivity contribution in [2.75, 3.05) is 39.6 Å². The van der Waals surface area contributed by atoms with Gasteiger partial charge in [0, 0.05) is 0 Å². The number of aliphatic hydroxyl groups excluding tert-OH is 2. The third kappa shape index (κ3) is 13.1. The van der Waals surface area contributed by atoms with E-state index in [1.807, 2.05) is 42.5 Å². The van der Waals surface area contributed by atoms with Gasteiger partial charge in [-0.1, -0.05) is 51.3 Å². The number of unbranched alkanes of at least 4 members (excludes halogenated alkanes) is 4. The van der Waals surface area contributed by atoms with Gasteiger partial charge in [0.05, 0.1) is 24.7 Å². The fourth-order valence-electron chi connectivity index (χ4n) is 3.72. The highest BCUT2D eigenvalue weighted by molar-refractivity contribution is 5.87. The van der Waals surface area contributed by atoms with Gasteiger partial charge in [-0.15, -0.1) is 0 Å². The summed E-state index contributed by atoms with van der Waals surface area (Å²) in [4.78, 5) is 23.2. The minimum Gasteiger partial charge on any atom is -0.490 e. The first-order valence-electron chi connectivity index (χ1n) is 14.2. The molecule has 0 bridgehead atoms. The Hall–Kier alpha value is -3.56. The summed E-state index contributed by atoms with van der Waals surface area (Å²) in [5.41, 5.74) is 2.03. The Bertz CT molecular complexity index is 1070. The van der Waals surface area contributed by atoms with E-state index in [0.717, 1.165) is 36.1 Å². The van der Waals surface area contributed by atoms with E-state index in [1.165, 1.54) is 19.3 Å². The number of aryl methyl sites for hydroxylation is 1. The van der Waals surface area contributed by atoms with Crippen LogP contribution in [0.25, 0.3) is 0 Å². The van der Waals surface area contributed by atoms with Crippen LogP contribution in [0, 0.1) is 5.92 Å². The normalized spacial score (nSPS) is 11.4. The first-order chi connectivity index (χ1) is 19.9. The zero-order chi connectivity index (χ0) is 29.9. The van der Waals surface area contributed by atoms with Gasteiger partial charge in [0.25, 0.3) is 0 Å². The molecule has 0 aromatic heterocycles. The topological polar surface area (TPSA) is 121 Å². The summed E-state index contributed by atoms with van der Waals surface area (Å²) < 4.78 is 27.7. The molecule has 1 atom stereocenters. The van der Waals surface area contributed by atoms with Gasteiger partial charge in [-0.2, -0.15) is 0 Å². The van der Waals surface area contributed by atoms with Gasteiger partial charge in [-0.05, 0) is 61.2 Å². The van der Waals surface area contributed by atoms with Gasteiger partial charge < -0.3 is 33.9 Å². The number of ether oxygens (including phenoxy) is 5. The van der Waals surface area contributed by atoms with Crippen molar-refractivity contribution >= 4 is 11.9 Å². The number of hydrogen-bond acceptors (Lipinski definition) is 9. The molecule has 2 rings (SSSR count). The third-order valence-electron chi connectivity index (χ3n) is 6.24. The lowest BCUT2D eigenvalue weighted by Gasteiger charge is -2.15. The van der Waals surface area contributed by atoms with E-state index in [-0.39, 0.29) is 38.6 Å².